The van der Waals surface area contributed by atoms with Crippen molar-refractivity contribution in [2.24, 2.45) is 12.0 Å². The van der Waals surface area contributed by atoms with Crippen LogP contribution < -0.4 is 15.4 Å². The summed E-state index contributed by atoms with van der Waals surface area (Å²) >= 11 is 0. The molecular formula is C21H32IN5O. The molecule has 28 heavy (non-hydrogen) atoms. The quantitative estimate of drug-likeness (QED) is 0.349. The van der Waals surface area contributed by atoms with Gasteiger partial charge in [-0.15, -0.1) is 24.0 Å². The van der Waals surface area contributed by atoms with Crippen LogP contribution in [0, 0.1) is 6.92 Å². The molecule has 7 heteroatoms. The minimum Gasteiger partial charge on any atom is -0.490 e. The first-order chi connectivity index (χ1) is 13.1. The number of benzene rings is 1. The van der Waals surface area contributed by atoms with E-state index in [4.69, 9.17) is 4.74 Å². The molecule has 2 N–H and O–H groups in total. The average molecular weight is 497 g/mol. The molecule has 1 aliphatic carbocycles. The van der Waals surface area contributed by atoms with E-state index in [1.54, 1.807) is 7.05 Å². The molecule has 1 heterocycles. The second-order valence-electron chi connectivity index (χ2n) is 7.26. The molecule has 1 aromatic carbocycles. The molecule has 0 radical (unpaired) electrons. The zero-order valence-corrected chi connectivity index (χ0v) is 19.4. The molecule has 1 saturated carbocycles. The van der Waals surface area contributed by atoms with Gasteiger partial charge in [-0.1, -0.05) is 12.1 Å². The number of nitrogens with one attached hydrogen (secondary N) is 2. The van der Waals surface area contributed by atoms with Crippen molar-refractivity contribution in [1.29, 1.82) is 0 Å². The Bertz CT molecular complexity index is 768. The molecule has 1 aliphatic rings. The number of aryl methyl sites for hydroxylation is 2. The van der Waals surface area contributed by atoms with E-state index in [1.165, 1.54) is 42.4 Å². The van der Waals surface area contributed by atoms with E-state index in [0.29, 0.717) is 12.6 Å². The van der Waals surface area contributed by atoms with Gasteiger partial charge in [0.05, 0.1) is 12.3 Å². The highest BCUT2D eigenvalue weighted by Crippen LogP contribution is 2.27. The summed E-state index contributed by atoms with van der Waals surface area (Å²) in [6.45, 7) is 3.61. The molecule has 0 atom stereocenters. The highest BCUT2D eigenvalue weighted by atomic mass is 127. The third-order valence-electron chi connectivity index (χ3n) is 4.95. The Hall–Kier alpha value is -1.77. The molecule has 0 unspecified atom stereocenters. The van der Waals surface area contributed by atoms with Crippen molar-refractivity contribution in [2.75, 3.05) is 13.6 Å². The predicted octanol–water partition coefficient (Wildman–Crippen LogP) is 3.58. The van der Waals surface area contributed by atoms with E-state index in [2.05, 4.69) is 45.8 Å². The monoisotopic (exact) mass is 497 g/mol. The van der Waals surface area contributed by atoms with Crippen LogP contribution in [0.4, 0.5) is 0 Å². The molecule has 154 valence electrons. The van der Waals surface area contributed by atoms with Gasteiger partial charge in [-0.2, -0.15) is 5.10 Å². The van der Waals surface area contributed by atoms with Gasteiger partial charge in [0.25, 0.3) is 0 Å². The van der Waals surface area contributed by atoms with E-state index in [1.807, 2.05) is 24.1 Å². The summed E-state index contributed by atoms with van der Waals surface area (Å²) in [6.07, 6.45) is 10.1. The van der Waals surface area contributed by atoms with Crippen LogP contribution in [0.15, 0.2) is 35.6 Å². The number of hydrogen-bond donors (Lipinski definition) is 2. The number of halogens is 1. The Balaban J connectivity index is 0.00000280. The summed E-state index contributed by atoms with van der Waals surface area (Å²) in [5.41, 5.74) is 3.61. The molecule has 2 aromatic rings. The van der Waals surface area contributed by atoms with Crippen LogP contribution in [0.25, 0.3) is 0 Å². The molecular weight excluding hydrogens is 465 g/mol. The van der Waals surface area contributed by atoms with E-state index in [0.717, 1.165) is 24.7 Å². The second-order valence-corrected chi connectivity index (χ2v) is 7.26. The average Bonchev–Trinajstić information content (AvgIpc) is 3.31. The molecule has 0 saturated heterocycles. The molecule has 1 fully saturated rings. The topological polar surface area (TPSA) is 63.5 Å². The predicted molar refractivity (Wildman–Crippen MR) is 125 cm³/mol. The number of aliphatic imine (C=N–C) groups is 1. The van der Waals surface area contributed by atoms with Crippen molar-refractivity contribution in [3.05, 3.63) is 47.3 Å². The molecule has 1 aromatic heterocycles. The van der Waals surface area contributed by atoms with Gasteiger partial charge >= 0.3 is 0 Å². The van der Waals surface area contributed by atoms with Crippen molar-refractivity contribution in [3.8, 4) is 5.75 Å². The number of rotatable bonds is 7. The summed E-state index contributed by atoms with van der Waals surface area (Å²) in [6, 6.07) is 6.43. The minimum atomic E-state index is 0. The normalized spacial score (nSPS) is 14.6. The maximum absolute atomic E-state index is 6.28. The highest BCUT2D eigenvalue weighted by Gasteiger charge is 2.18. The van der Waals surface area contributed by atoms with Crippen LogP contribution in [0.5, 0.6) is 5.75 Å². The Morgan fingerprint density at radius 3 is 2.75 bits per heavy atom. The maximum atomic E-state index is 6.28. The van der Waals surface area contributed by atoms with Crippen LogP contribution in [0.1, 0.15) is 42.4 Å². The zero-order chi connectivity index (χ0) is 19.1. The van der Waals surface area contributed by atoms with E-state index in [9.17, 15) is 0 Å². The number of nitrogens with zero attached hydrogens (tertiary/aromatic N) is 3. The van der Waals surface area contributed by atoms with Gasteiger partial charge in [0, 0.05) is 38.9 Å². The van der Waals surface area contributed by atoms with Crippen molar-refractivity contribution < 1.29 is 4.74 Å². The lowest BCUT2D eigenvalue weighted by molar-refractivity contribution is 0.207. The molecule has 0 spiro atoms. The van der Waals surface area contributed by atoms with Crippen molar-refractivity contribution in [3.63, 3.8) is 0 Å². The first-order valence-electron chi connectivity index (χ1n) is 9.82. The number of aromatic nitrogens is 2. The lowest BCUT2D eigenvalue weighted by atomic mass is 10.1. The molecule has 6 nitrogen and oxygen atoms in total. The third-order valence-corrected chi connectivity index (χ3v) is 4.95. The van der Waals surface area contributed by atoms with Gasteiger partial charge in [0.1, 0.15) is 5.75 Å². The number of ether oxygens (including phenoxy) is 1. The first-order valence-corrected chi connectivity index (χ1v) is 9.82. The summed E-state index contributed by atoms with van der Waals surface area (Å²) in [5, 5.41) is 11.0. The maximum Gasteiger partial charge on any atom is 0.191 e. The van der Waals surface area contributed by atoms with Gasteiger partial charge < -0.3 is 15.4 Å². The lowest BCUT2D eigenvalue weighted by Crippen LogP contribution is -2.38. The van der Waals surface area contributed by atoms with Crippen LogP contribution in [0.2, 0.25) is 0 Å². The minimum absolute atomic E-state index is 0. The van der Waals surface area contributed by atoms with Gasteiger partial charge in [0.2, 0.25) is 0 Å². The van der Waals surface area contributed by atoms with Crippen LogP contribution >= 0.6 is 24.0 Å². The van der Waals surface area contributed by atoms with Crippen molar-refractivity contribution in [1.82, 2.24) is 20.4 Å². The Morgan fingerprint density at radius 2 is 2.07 bits per heavy atom. The smallest absolute Gasteiger partial charge is 0.191 e. The lowest BCUT2D eigenvalue weighted by Gasteiger charge is -2.18. The van der Waals surface area contributed by atoms with E-state index < -0.39 is 0 Å². The fourth-order valence-corrected chi connectivity index (χ4v) is 3.43. The summed E-state index contributed by atoms with van der Waals surface area (Å²) in [7, 11) is 3.73. The van der Waals surface area contributed by atoms with Crippen LogP contribution in [-0.4, -0.2) is 35.4 Å². The fourth-order valence-electron chi connectivity index (χ4n) is 3.43. The van der Waals surface area contributed by atoms with Crippen LogP contribution in [0.3, 0.4) is 0 Å². The molecule has 0 aliphatic heterocycles. The van der Waals surface area contributed by atoms with Crippen molar-refractivity contribution in [2.45, 2.75) is 51.7 Å². The van der Waals surface area contributed by atoms with Crippen molar-refractivity contribution >= 4 is 29.9 Å². The number of guanidine groups is 1. The SMILES string of the molecule is CN=C(NCCc1cnn(C)c1)NCc1ccc(C)cc1OC1CCCC1.I. The summed E-state index contributed by atoms with van der Waals surface area (Å²) in [4.78, 5) is 4.32. The van der Waals surface area contributed by atoms with Gasteiger partial charge in [-0.3, -0.25) is 9.67 Å². The first kappa shape index (κ1) is 22.5. The molecule has 3 rings (SSSR count). The number of hydrogen-bond acceptors (Lipinski definition) is 3. The second kappa shape index (κ2) is 11.3. The van der Waals surface area contributed by atoms with Crippen LogP contribution in [-0.2, 0) is 20.0 Å². The molecule has 0 bridgehead atoms. The van der Waals surface area contributed by atoms with Gasteiger partial charge in [-0.05, 0) is 56.2 Å². The standard InChI is InChI=1S/C21H31N5O.HI/c1-16-8-9-18(20(12-16)27-19-6-4-5-7-19)14-24-21(22-2)23-11-10-17-13-25-26(3)15-17;/h8-9,12-13,15,19H,4-7,10-11,14H2,1-3H3,(H2,22,23,24);1H. The summed E-state index contributed by atoms with van der Waals surface area (Å²) < 4.78 is 8.11. The van der Waals surface area contributed by atoms with E-state index >= 15 is 0 Å². The van der Waals surface area contributed by atoms with E-state index in [-0.39, 0.29) is 24.0 Å². The largest absolute Gasteiger partial charge is 0.490 e. The van der Waals surface area contributed by atoms with Gasteiger partial charge in [0.15, 0.2) is 5.96 Å². The summed E-state index contributed by atoms with van der Waals surface area (Å²) in [5.74, 6) is 1.80. The zero-order valence-electron chi connectivity index (χ0n) is 17.1. The Labute approximate surface area is 185 Å². The Kier molecular flexibility index (Phi) is 9.08. The Morgan fingerprint density at radius 1 is 1.29 bits per heavy atom. The van der Waals surface area contributed by atoms with Gasteiger partial charge in [-0.25, -0.2) is 0 Å². The highest BCUT2D eigenvalue weighted by molar-refractivity contribution is 14.0. The molecule has 0 amide bonds. The fraction of sp³-hybridized carbons (Fsp3) is 0.524. The third kappa shape index (κ3) is 6.68.